The summed E-state index contributed by atoms with van der Waals surface area (Å²) in [5, 5.41) is 8.89. The summed E-state index contributed by atoms with van der Waals surface area (Å²) in [4.78, 5) is 15.5. The molecule has 0 bridgehead atoms. The number of carboxylic acid groups (broad SMARTS) is 1. The van der Waals surface area contributed by atoms with Crippen molar-refractivity contribution >= 4 is 17.0 Å². The molecule has 0 aliphatic heterocycles. The molecule has 102 valence electrons. The van der Waals surface area contributed by atoms with Gasteiger partial charge in [0.15, 0.2) is 0 Å². The predicted molar refractivity (Wildman–Crippen MR) is 75.2 cm³/mol. The van der Waals surface area contributed by atoms with E-state index in [0.29, 0.717) is 18.4 Å². The lowest BCUT2D eigenvalue weighted by atomic mass is 9.97. The van der Waals surface area contributed by atoms with E-state index in [1.807, 2.05) is 28.8 Å². The van der Waals surface area contributed by atoms with E-state index in [4.69, 9.17) is 5.11 Å². The first kappa shape index (κ1) is 13.6. The molecule has 1 N–H and O–H groups in total. The van der Waals surface area contributed by atoms with E-state index in [0.717, 1.165) is 16.9 Å². The van der Waals surface area contributed by atoms with Crippen molar-refractivity contribution in [3.8, 4) is 0 Å². The Hall–Kier alpha value is -1.84. The maximum Gasteiger partial charge on any atom is 0.305 e. The molecule has 1 unspecified atom stereocenters. The van der Waals surface area contributed by atoms with Crippen LogP contribution in [-0.2, 0) is 11.3 Å². The molecule has 0 amide bonds. The second-order valence-corrected chi connectivity index (χ2v) is 5.29. The number of aryl methyl sites for hydroxylation is 1. The van der Waals surface area contributed by atoms with Gasteiger partial charge in [0.25, 0.3) is 0 Å². The number of rotatable bonds is 5. The van der Waals surface area contributed by atoms with E-state index in [1.165, 1.54) is 0 Å². The van der Waals surface area contributed by atoms with Crippen LogP contribution in [0.15, 0.2) is 24.3 Å². The fourth-order valence-corrected chi connectivity index (χ4v) is 2.18. The Labute approximate surface area is 113 Å². The van der Waals surface area contributed by atoms with Crippen molar-refractivity contribution in [3.05, 3.63) is 30.1 Å². The molecule has 0 aliphatic rings. The van der Waals surface area contributed by atoms with Crippen molar-refractivity contribution in [1.82, 2.24) is 9.55 Å². The molecule has 0 radical (unpaired) electrons. The van der Waals surface area contributed by atoms with Crippen LogP contribution in [0.5, 0.6) is 0 Å². The number of carbonyl (C=O) groups is 1. The number of benzene rings is 1. The quantitative estimate of drug-likeness (QED) is 0.897. The number of aromatic nitrogens is 2. The van der Waals surface area contributed by atoms with Crippen LogP contribution in [0, 0.1) is 5.92 Å². The molecular formula is C15H20N2O2. The zero-order valence-electron chi connectivity index (χ0n) is 11.6. The van der Waals surface area contributed by atoms with Gasteiger partial charge in [-0.2, -0.15) is 0 Å². The predicted octanol–water partition coefficient (Wildman–Crippen LogP) is 3.27. The summed E-state index contributed by atoms with van der Waals surface area (Å²) in [6, 6.07) is 7.90. The van der Waals surface area contributed by atoms with Crippen LogP contribution >= 0.6 is 0 Å². The lowest BCUT2D eigenvalue weighted by Crippen LogP contribution is -2.13. The van der Waals surface area contributed by atoms with E-state index in [2.05, 4.69) is 25.8 Å². The van der Waals surface area contributed by atoms with Crippen LogP contribution in [0.1, 0.15) is 38.9 Å². The SMILES string of the molecule is CC(C)C(C)c1nc2ccccc2n1CCC(=O)O. The monoisotopic (exact) mass is 260 g/mol. The lowest BCUT2D eigenvalue weighted by molar-refractivity contribution is -0.137. The zero-order valence-corrected chi connectivity index (χ0v) is 11.6. The second kappa shape index (κ2) is 5.43. The molecule has 4 heteroatoms. The molecule has 1 heterocycles. The van der Waals surface area contributed by atoms with E-state index in [1.54, 1.807) is 0 Å². The van der Waals surface area contributed by atoms with Crippen LogP contribution in [0.25, 0.3) is 11.0 Å². The average Bonchev–Trinajstić information content (AvgIpc) is 2.73. The number of imidazole rings is 1. The first-order valence-electron chi connectivity index (χ1n) is 6.67. The van der Waals surface area contributed by atoms with Crippen molar-refractivity contribution in [2.45, 2.75) is 39.7 Å². The van der Waals surface area contributed by atoms with Crippen LogP contribution in [0.2, 0.25) is 0 Å². The highest BCUT2D eigenvalue weighted by Crippen LogP contribution is 2.27. The molecule has 2 rings (SSSR count). The summed E-state index contributed by atoms with van der Waals surface area (Å²) in [6.07, 6.45) is 0.123. The molecule has 1 atom stereocenters. The van der Waals surface area contributed by atoms with Gasteiger partial charge in [-0.1, -0.05) is 32.9 Å². The summed E-state index contributed by atoms with van der Waals surface area (Å²) in [7, 11) is 0. The molecule has 1 aromatic heterocycles. The highest BCUT2D eigenvalue weighted by molar-refractivity contribution is 5.76. The number of hydrogen-bond acceptors (Lipinski definition) is 2. The van der Waals surface area contributed by atoms with Crippen molar-refractivity contribution in [1.29, 1.82) is 0 Å². The van der Waals surface area contributed by atoms with Crippen molar-refractivity contribution in [2.75, 3.05) is 0 Å². The largest absolute Gasteiger partial charge is 0.481 e. The van der Waals surface area contributed by atoms with E-state index >= 15 is 0 Å². The average molecular weight is 260 g/mol. The summed E-state index contributed by atoms with van der Waals surface area (Å²) >= 11 is 0. The molecule has 1 aromatic carbocycles. The van der Waals surface area contributed by atoms with E-state index < -0.39 is 5.97 Å². The van der Waals surface area contributed by atoms with Crippen LogP contribution < -0.4 is 0 Å². The van der Waals surface area contributed by atoms with Gasteiger partial charge in [-0.15, -0.1) is 0 Å². The number of hydrogen-bond donors (Lipinski definition) is 1. The Morgan fingerprint density at radius 1 is 1.32 bits per heavy atom. The fourth-order valence-electron chi connectivity index (χ4n) is 2.18. The number of fused-ring (bicyclic) bond motifs is 1. The van der Waals surface area contributed by atoms with Gasteiger partial charge < -0.3 is 9.67 Å². The van der Waals surface area contributed by atoms with Gasteiger partial charge >= 0.3 is 5.97 Å². The number of para-hydroxylation sites is 2. The molecule has 0 spiro atoms. The van der Waals surface area contributed by atoms with Crippen LogP contribution in [0.3, 0.4) is 0 Å². The lowest BCUT2D eigenvalue weighted by Gasteiger charge is -2.17. The standard InChI is InChI=1S/C15H20N2O2/c1-10(2)11(3)15-16-12-6-4-5-7-13(12)17(15)9-8-14(18)19/h4-7,10-11H,8-9H2,1-3H3,(H,18,19). The third-order valence-corrected chi connectivity index (χ3v) is 3.64. The van der Waals surface area contributed by atoms with Crippen molar-refractivity contribution in [2.24, 2.45) is 5.92 Å². The fraction of sp³-hybridized carbons (Fsp3) is 0.467. The Morgan fingerprint density at radius 3 is 2.63 bits per heavy atom. The van der Waals surface area contributed by atoms with Crippen LogP contribution in [0.4, 0.5) is 0 Å². The normalized spacial score (nSPS) is 13.1. The molecule has 0 saturated carbocycles. The van der Waals surface area contributed by atoms with Crippen molar-refractivity contribution in [3.63, 3.8) is 0 Å². The molecule has 4 nitrogen and oxygen atoms in total. The maximum absolute atomic E-state index is 10.8. The molecule has 0 fully saturated rings. The Morgan fingerprint density at radius 2 is 2.00 bits per heavy atom. The number of nitrogens with zero attached hydrogens (tertiary/aromatic N) is 2. The summed E-state index contributed by atoms with van der Waals surface area (Å²) in [5.41, 5.74) is 1.96. The molecular weight excluding hydrogens is 240 g/mol. The van der Waals surface area contributed by atoms with Gasteiger partial charge in [-0.3, -0.25) is 4.79 Å². The number of carboxylic acids is 1. The Bertz CT molecular complexity index is 587. The summed E-state index contributed by atoms with van der Waals surface area (Å²) in [5.74, 6) is 0.986. The minimum Gasteiger partial charge on any atom is -0.481 e. The maximum atomic E-state index is 10.8. The minimum atomic E-state index is -0.777. The Balaban J connectivity index is 2.48. The number of aliphatic carboxylic acids is 1. The van der Waals surface area contributed by atoms with E-state index in [9.17, 15) is 4.79 Å². The molecule has 0 saturated heterocycles. The summed E-state index contributed by atoms with van der Waals surface area (Å²) < 4.78 is 2.05. The highest BCUT2D eigenvalue weighted by atomic mass is 16.4. The van der Waals surface area contributed by atoms with Gasteiger partial charge in [0.1, 0.15) is 5.82 Å². The first-order chi connectivity index (χ1) is 9.00. The third-order valence-electron chi connectivity index (χ3n) is 3.64. The van der Waals surface area contributed by atoms with Gasteiger partial charge in [-0.25, -0.2) is 4.98 Å². The van der Waals surface area contributed by atoms with Gasteiger partial charge in [0.2, 0.25) is 0 Å². The molecule has 2 aromatic rings. The van der Waals surface area contributed by atoms with Gasteiger partial charge in [-0.05, 0) is 18.1 Å². The summed E-state index contributed by atoms with van der Waals surface area (Å²) in [6.45, 7) is 6.93. The smallest absolute Gasteiger partial charge is 0.305 e. The van der Waals surface area contributed by atoms with Gasteiger partial charge in [0.05, 0.1) is 17.5 Å². The zero-order chi connectivity index (χ0) is 14.0. The highest BCUT2D eigenvalue weighted by Gasteiger charge is 2.19. The molecule has 0 aliphatic carbocycles. The van der Waals surface area contributed by atoms with E-state index in [-0.39, 0.29) is 6.42 Å². The molecule has 19 heavy (non-hydrogen) atoms. The van der Waals surface area contributed by atoms with Crippen LogP contribution in [-0.4, -0.2) is 20.6 Å². The van der Waals surface area contributed by atoms with Gasteiger partial charge in [0, 0.05) is 12.5 Å². The third kappa shape index (κ3) is 2.78. The van der Waals surface area contributed by atoms with Crippen molar-refractivity contribution < 1.29 is 9.90 Å². The Kier molecular flexibility index (Phi) is 3.88. The second-order valence-electron chi connectivity index (χ2n) is 5.29. The minimum absolute atomic E-state index is 0.123. The first-order valence-corrected chi connectivity index (χ1v) is 6.67. The topological polar surface area (TPSA) is 55.1 Å².